The van der Waals surface area contributed by atoms with Crippen LogP contribution in [0.4, 0.5) is 36.3 Å². The zero-order valence-electron chi connectivity index (χ0n) is 14.7. The molecule has 3 rings (SSSR count). The molecule has 0 bridgehead atoms. The summed E-state index contributed by atoms with van der Waals surface area (Å²) >= 11 is 0. The molecule has 0 fully saturated rings. The fourth-order valence-electron chi connectivity index (χ4n) is 2.78. The lowest BCUT2D eigenvalue weighted by atomic mass is 10.1. The van der Waals surface area contributed by atoms with Gasteiger partial charge in [-0.2, -0.15) is 18.2 Å². The van der Waals surface area contributed by atoms with E-state index in [4.69, 9.17) is 5.73 Å². The van der Waals surface area contributed by atoms with Gasteiger partial charge in [0.2, 0.25) is 17.8 Å². The molecule has 8 nitrogen and oxygen atoms in total. The summed E-state index contributed by atoms with van der Waals surface area (Å²) in [6, 6.07) is 4.37. The van der Waals surface area contributed by atoms with Crippen molar-refractivity contribution in [1.82, 2.24) is 9.97 Å². The van der Waals surface area contributed by atoms with Crippen molar-refractivity contribution in [3.63, 3.8) is 0 Å². The summed E-state index contributed by atoms with van der Waals surface area (Å²) in [7, 11) is 0. The maximum atomic E-state index is 13.2. The molecule has 0 radical (unpaired) electrons. The minimum Gasteiger partial charge on any atom is -0.370 e. The summed E-state index contributed by atoms with van der Waals surface area (Å²) in [5, 5.41) is 8.06. The molecule has 1 aromatic carbocycles. The summed E-state index contributed by atoms with van der Waals surface area (Å²) < 4.78 is 39.7. The molecular formula is C17H17F3N6O2. The van der Waals surface area contributed by atoms with Crippen molar-refractivity contribution in [2.24, 2.45) is 5.73 Å². The van der Waals surface area contributed by atoms with Gasteiger partial charge >= 0.3 is 6.18 Å². The SMILES string of the molecule is CC(CC(N)=O)Nc1nc(Nc2ccc3c(c2)CC(=O)N3)ncc1C(F)(F)F. The first-order valence-electron chi connectivity index (χ1n) is 8.30. The van der Waals surface area contributed by atoms with Gasteiger partial charge in [-0.05, 0) is 30.7 Å². The van der Waals surface area contributed by atoms with E-state index >= 15 is 0 Å². The van der Waals surface area contributed by atoms with Gasteiger partial charge < -0.3 is 21.7 Å². The molecule has 1 aliphatic heterocycles. The van der Waals surface area contributed by atoms with E-state index < -0.39 is 29.5 Å². The van der Waals surface area contributed by atoms with Gasteiger partial charge in [0.1, 0.15) is 11.4 Å². The first-order valence-corrected chi connectivity index (χ1v) is 8.30. The van der Waals surface area contributed by atoms with E-state index in [0.717, 1.165) is 5.56 Å². The Labute approximate surface area is 157 Å². The fourth-order valence-corrected chi connectivity index (χ4v) is 2.78. The number of aromatic nitrogens is 2. The molecule has 28 heavy (non-hydrogen) atoms. The van der Waals surface area contributed by atoms with E-state index in [-0.39, 0.29) is 24.7 Å². The number of hydrogen-bond donors (Lipinski definition) is 4. The third-order valence-electron chi connectivity index (χ3n) is 3.97. The topological polar surface area (TPSA) is 122 Å². The number of benzene rings is 1. The molecular weight excluding hydrogens is 377 g/mol. The number of nitrogens with two attached hydrogens (primary N) is 1. The summed E-state index contributed by atoms with van der Waals surface area (Å²) in [6.07, 6.45) is -3.95. The second-order valence-corrected chi connectivity index (χ2v) is 6.39. The molecule has 1 aliphatic rings. The highest BCUT2D eigenvalue weighted by molar-refractivity contribution is 5.99. The van der Waals surface area contributed by atoms with Crippen LogP contribution in [0.15, 0.2) is 24.4 Å². The van der Waals surface area contributed by atoms with Crippen molar-refractivity contribution in [1.29, 1.82) is 0 Å². The highest BCUT2D eigenvalue weighted by Crippen LogP contribution is 2.35. The van der Waals surface area contributed by atoms with E-state index in [2.05, 4.69) is 25.9 Å². The summed E-state index contributed by atoms with van der Waals surface area (Å²) in [4.78, 5) is 30.0. The average molecular weight is 394 g/mol. The second-order valence-electron chi connectivity index (χ2n) is 6.39. The number of anilines is 4. The Morgan fingerprint density at radius 3 is 2.82 bits per heavy atom. The minimum absolute atomic E-state index is 0.0704. The molecule has 148 valence electrons. The zero-order chi connectivity index (χ0) is 20.5. The normalized spacial score (nSPS) is 14.2. The number of halogens is 3. The predicted molar refractivity (Wildman–Crippen MR) is 96.0 cm³/mol. The maximum absolute atomic E-state index is 13.2. The van der Waals surface area contributed by atoms with Crippen LogP contribution >= 0.6 is 0 Å². The van der Waals surface area contributed by atoms with Crippen LogP contribution in [0.2, 0.25) is 0 Å². The van der Waals surface area contributed by atoms with Crippen molar-refractivity contribution < 1.29 is 22.8 Å². The number of hydrogen-bond acceptors (Lipinski definition) is 6. The number of carbonyl (C=O) groups excluding carboxylic acids is 2. The third-order valence-corrected chi connectivity index (χ3v) is 3.97. The van der Waals surface area contributed by atoms with Gasteiger partial charge in [-0.1, -0.05) is 0 Å². The van der Waals surface area contributed by atoms with Gasteiger partial charge in [0.15, 0.2) is 0 Å². The molecule has 2 heterocycles. The Morgan fingerprint density at radius 1 is 1.39 bits per heavy atom. The smallest absolute Gasteiger partial charge is 0.370 e. The molecule has 0 saturated carbocycles. The molecule has 1 atom stereocenters. The number of fused-ring (bicyclic) bond motifs is 1. The number of rotatable bonds is 6. The van der Waals surface area contributed by atoms with Crippen LogP contribution < -0.4 is 21.7 Å². The first kappa shape index (κ1) is 19.4. The van der Waals surface area contributed by atoms with Crippen LogP contribution in [0.25, 0.3) is 0 Å². The van der Waals surface area contributed by atoms with Crippen molar-refractivity contribution in [3.8, 4) is 0 Å². The average Bonchev–Trinajstić information content (AvgIpc) is 2.92. The van der Waals surface area contributed by atoms with Crippen molar-refractivity contribution in [2.75, 3.05) is 16.0 Å². The highest BCUT2D eigenvalue weighted by Gasteiger charge is 2.35. The standard InChI is InChI=1S/C17H17F3N6O2/c1-8(4-13(21)27)23-15-11(17(18,19)20)7-22-16(26-15)24-10-2-3-12-9(5-10)6-14(28)25-12/h2-3,5,7-8H,4,6H2,1H3,(H2,21,27)(H,25,28)(H2,22,23,24,26). The van der Waals surface area contributed by atoms with E-state index in [1.165, 1.54) is 6.92 Å². The number of alkyl halides is 3. The van der Waals surface area contributed by atoms with E-state index in [1.807, 2.05) is 0 Å². The molecule has 0 spiro atoms. The Kier molecular flexibility index (Phi) is 5.08. The Morgan fingerprint density at radius 2 is 2.14 bits per heavy atom. The van der Waals surface area contributed by atoms with Crippen LogP contribution in [0.5, 0.6) is 0 Å². The summed E-state index contributed by atoms with van der Waals surface area (Å²) in [6.45, 7) is 1.52. The van der Waals surface area contributed by atoms with Crippen LogP contribution in [0, 0.1) is 0 Å². The lowest BCUT2D eigenvalue weighted by molar-refractivity contribution is -0.137. The number of primary amides is 1. The van der Waals surface area contributed by atoms with Crippen molar-refractivity contribution >= 4 is 35.0 Å². The van der Waals surface area contributed by atoms with Gasteiger partial charge in [0, 0.05) is 30.0 Å². The minimum atomic E-state index is -4.67. The maximum Gasteiger partial charge on any atom is 0.421 e. The van der Waals surface area contributed by atoms with Gasteiger partial charge in [-0.25, -0.2) is 4.98 Å². The molecule has 1 unspecified atom stereocenters. The highest BCUT2D eigenvalue weighted by atomic mass is 19.4. The second kappa shape index (κ2) is 7.33. The van der Waals surface area contributed by atoms with Crippen LogP contribution in [-0.2, 0) is 22.2 Å². The molecule has 2 aromatic rings. The van der Waals surface area contributed by atoms with E-state index in [1.54, 1.807) is 18.2 Å². The number of nitrogens with zero attached hydrogens (tertiary/aromatic N) is 2. The van der Waals surface area contributed by atoms with Gasteiger partial charge in [-0.15, -0.1) is 0 Å². The molecule has 1 aromatic heterocycles. The first-order chi connectivity index (χ1) is 13.1. The fraction of sp³-hybridized carbons (Fsp3) is 0.294. The lowest BCUT2D eigenvalue weighted by Gasteiger charge is -2.18. The predicted octanol–water partition coefficient (Wildman–Crippen LogP) is 2.41. The molecule has 11 heteroatoms. The zero-order valence-corrected chi connectivity index (χ0v) is 14.7. The molecule has 0 saturated heterocycles. The number of nitrogens with one attached hydrogen (secondary N) is 3. The summed E-state index contributed by atoms with van der Waals surface area (Å²) in [5.74, 6) is -1.31. The third kappa shape index (κ3) is 4.48. The van der Waals surface area contributed by atoms with Gasteiger partial charge in [0.05, 0.1) is 6.42 Å². The molecule has 5 N–H and O–H groups in total. The Hall–Kier alpha value is -3.37. The monoisotopic (exact) mass is 394 g/mol. The van der Waals surface area contributed by atoms with Gasteiger partial charge in [-0.3, -0.25) is 9.59 Å². The number of amides is 2. The van der Waals surface area contributed by atoms with Crippen LogP contribution in [0.1, 0.15) is 24.5 Å². The van der Waals surface area contributed by atoms with E-state index in [9.17, 15) is 22.8 Å². The van der Waals surface area contributed by atoms with Crippen molar-refractivity contribution in [2.45, 2.75) is 32.0 Å². The summed E-state index contributed by atoms with van der Waals surface area (Å²) in [5.41, 5.74) is 5.99. The van der Waals surface area contributed by atoms with Crippen LogP contribution in [-0.4, -0.2) is 27.8 Å². The molecule has 0 aliphatic carbocycles. The Balaban J connectivity index is 1.86. The van der Waals surface area contributed by atoms with E-state index in [0.29, 0.717) is 17.6 Å². The quantitative estimate of drug-likeness (QED) is 0.597. The van der Waals surface area contributed by atoms with Gasteiger partial charge in [0.25, 0.3) is 0 Å². The van der Waals surface area contributed by atoms with Crippen LogP contribution in [0.3, 0.4) is 0 Å². The number of carbonyl (C=O) groups is 2. The largest absolute Gasteiger partial charge is 0.421 e. The van der Waals surface area contributed by atoms with Crippen molar-refractivity contribution in [3.05, 3.63) is 35.5 Å². The lowest BCUT2D eigenvalue weighted by Crippen LogP contribution is -2.26. The molecule has 2 amide bonds. The Bertz CT molecular complexity index is 932.